The molecule has 1 nitrogen and oxygen atoms in total. The lowest BCUT2D eigenvalue weighted by molar-refractivity contribution is -0.116. The summed E-state index contributed by atoms with van der Waals surface area (Å²) in [6.45, 7) is 8.02. The lowest BCUT2D eigenvalue weighted by Crippen LogP contribution is -2.25. The van der Waals surface area contributed by atoms with Gasteiger partial charge in [-0.15, -0.1) is 6.58 Å². The van der Waals surface area contributed by atoms with E-state index in [0.717, 1.165) is 44.8 Å². The zero-order valence-corrected chi connectivity index (χ0v) is 11.2. The third-order valence-corrected chi connectivity index (χ3v) is 3.79. The summed E-state index contributed by atoms with van der Waals surface area (Å²) >= 11 is 0. The Morgan fingerprint density at radius 3 is 2.94 bits per heavy atom. The average Bonchev–Trinajstić information content (AvgIpc) is 2.36. The molecule has 0 aromatic rings. The number of aldehydes is 1. The van der Waals surface area contributed by atoms with Crippen molar-refractivity contribution in [2.75, 3.05) is 0 Å². The molecule has 0 saturated carbocycles. The number of carbonyl (C=O) groups is 1. The van der Waals surface area contributed by atoms with Crippen molar-refractivity contribution in [1.29, 1.82) is 0 Å². The Morgan fingerprint density at radius 1 is 1.59 bits per heavy atom. The fourth-order valence-electron chi connectivity index (χ4n) is 2.48. The van der Waals surface area contributed by atoms with Crippen LogP contribution in [0.4, 0.5) is 0 Å². The molecule has 0 aromatic carbocycles. The van der Waals surface area contributed by atoms with Gasteiger partial charge in [-0.05, 0) is 52.4 Å². The largest absolute Gasteiger partial charge is 0.303 e. The van der Waals surface area contributed by atoms with Crippen molar-refractivity contribution >= 4 is 6.29 Å². The Bertz CT molecular complexity index is 335. The first-order chi connectivity index (χ1) is 8.15. The van der Waals surface area contributed by atoms with E-state index in [2.05, 4.69) is 32.6 Å². The second-order valence-electron chi connectivity index (χ2n) is 5.19. The maximum Gasteiger partial charge on any atom is 0.126 e. The summed E-state index contributed by atoms with van der Waals surface area (Å²) in [5, 5.41) is 0. The van der Waals surface area contributed by atoms with E-state index in [0.29, 0.717) is 0 Å². The first-order valence-corrected chi connectivity index (χ1v) is 6.53. The molecule has 1 rings (SSSR count). The quantitative estimate of drug-likeness (QED) is 0.483. The molecule has 17 heavy (non-hydrogen) atoms. The number of rotatable bonds is 6. The molecule has 0 spiro atoms. The van der Waals surface area contributed by atoms with Crippen molar-refractivity contribution < 1.29 is 4.79 Å². The number of hydrogen-bond acceptors (Lipinski definition) is 1. The average molecular weight is 232 g/mol. The van der Waals surface area contributed by atoms with Crippen molar-refractivity contribution in [2.45, 2.75) is 52.4 Å². The molecule has 0 aromatic heterocycles. The predicted molar refractivity (Wildman–Crippen MR) is 73.9 cm³/mol. The van der Waals surface area contributed by atoms with Crippen LogP contribution < -0.4 is 0 Å². The van der Waals surface area contributed by atoms with Gasteiger partial charge >= 0.3 is 0 Å². The molecule has 0 radical (unpaired) electrons. The highest BCUT2D eigenvalue weighted by atomic mass is 16.1. The first kappa shape index (κ1) is 14.0. The third kappa shape index (κ3) is 3.99. The monoisotopic (exact) mass is 232 g/mol. The number of carbonyl (C=O) groups excluding carboxylic acids is 1. The minimum atomic E-state index is -0.157. The van der Waals surface area contributed by atoms with Gasteiger partial charge in [0.1, 0.15) is 6.29 Å². The molecule has 1 aliphatic rings. The Hall–Kier alpha value is -1.11. The normalized spacial score (nSPS) is 25.3. The smallest absolute Gasteiger partial charge is 0.126 e. The van der Waals surface area contributed by atoms with Crippen LogP contribution in [0.15, 0.2) is 36.0 Å². The molecule has 1 atom stereocenters. The van der Waals surface area contributed by atoms with Gasteiger partial charge in [0.05, 0.1) is 0 Å². The molecule has 1 aliphatic carbocycles. The highest BCUT2D eigenvalue weighted by Crippen LogP contribution is 2.39. The Morgan fingerprint density at radius 2 is 2.35 bits per heavy atom. The summed E-state index contributed by atoms with van der Waals surface area (Å²) in [6.07, 6.45) is 13.5. The minimum Gasteiger partial charge on any atom is -0.303 e. The molecule has 0 bridgehead atoms. The molecule has 0 heterocycles. The zero-order valence-electron chi connectivity index (χ0n) is 11.2. The summed E-state index contributed by atoms with van der Waals surface area (Å²) in [7, 11) is 0. The van der Waals surface area contributed by atoms with E-state index < -0.39 is 0 Å². The van der Waals surface area contributed by atoms with E-state index in [1.54, 1.807) is 0 Å². The van der Waals surface area contributed by atoms with Crippen LogP contribution >= 0.6 is 0 Å². The first-order valence-electron chi connectivity index (χ1n) is 6.53. The van der Waals surface area contributed by atoms with Crippen LogP contribution in [0.3, 0.4) is 0 Å². The van der Waals surface area contributed by atoms with Gasteiger partial charge in [0, 0.05) is 5.41 Å². The maximum atomic E-state index is 11.3. The third-order valence-electron chi connectivity index (χ3n) is 3.79. The van der Waals surface area contributed by atoms with Crippen molar-refractivity contribution in [3.05, 3.63) is 36.0 Å². The van der Waals surface area contributed by atoms with Gasteiger partial charge in [-0.25, -0.2) is 0 Å². The molecule has 94 valence electrons. The fraction of sp³-hybridized carbons (Fsp3) is 0.562. The van der Waals surface area contributed by atoms with Crippen molar-refractivity contribution in [2.24, 2.45) is 5.41 Å². The molecular weight excluding hydrogens is 208 g/mol. The van der Waals surface area contributed by atoms with E-state index >= 15 is 0 Å². The van der Waals surface area contributed by atoms with E-state index in [-0.39, 0.29) is 5.41 Å². The molecule has 0 aliphatic heterocycles. The van der Waals surface area contributed by atoms with Gasteiger partial charge in [0.15, 0.2) is 0 Å². The molecular formula is C16H24O. The maximum absolute atomic E-state index is 11.3. The van der Waals surface area contributed by atoms with Gasteiger partial charge in [-0.2, -0.15) is 0 Å². The van der Waals surface area contributed by atoms with Crippen LogP contribution in [0.5, 0.6) is 0 Å². The number of allylic oxidation sites excluding steroid dienone is 5. The molecule has 0 saturated heterocycles. The standard InChI is InChI=1S/C16H24O/c1-4-10-16(13-17)11-6-7-15(12-16)9-8-14(3)5-2/h4-5,7,13H,1,6,8-12H2,2-3H3. The van der Waals surface area contributed by atoms with Crippen molar-refractivity contribution in [1.82, 2.24) is 0 Å². The SMILES string of the molecule is C=CCC1(C=O)CCC=C(CCC(C)=CC)C1. The Kier molecular flexibility index (Phi) is 5.40. The number of hydrogen-bond donors (Lipinski definition) is 0. The lowest BCUT2D eigenvalue weighted by Gasteiger charge is -2.31. The Balaban J connectivity index is 2.61. The van der Waals surface area contributed by atoms with Crippen LogP contribution in [-0.2, 0) is 4.79 Å². The van der Waals surface area contributed by atoms with E-state index in [4.69, 9.17) is 0 Å². The molecule has 0 N–H and O–H groups in total. The second-order valence-corrected chi connectivity index (χ2v) is 5.19. The lowest BCUT2D eigenvalue weighted by atomic mass is 9.72. The predicted octanol–water partition coefficient (Wildman–Crippen LogP) is 4.60. The van der Waals surface area contributed by atoms with E-state index in [1.165, 1.54) is 11.1 Å². The van der Waals surface area contributed by atoms with Gasteiger partial charge in [-0.3, -0.25) is 0 Å². The molecule has 0 amide bonds. The second kappa shape index (κ2) is 6.58. The van der Waals surface area contributed by atoms with Gasteiger partial charge in [0.2, 0.25) is 0 Å². The summed E-state index contributed by atoms with van der Waals surface area (Å²) < 4.78 is 0. The fourth-order valence-corrected chi connectivity index (χ4v) is 2.48. The van der Waals surface area contributed by atoms with E-state index in [1.807, 2.05) is 6.08 Å². The van der Waals surface area contributed by atoms with Crippen LogP contribution in [0.25, 0.3) is 0 Å². The molecule has 1 heteroatoms. The molecule has 0 fully saturated rings. The van der Waals surface area contributed by atoms with Crippen LogP contribution in [0.2, 0.25) is 0 Å². The topological polar surface area (TPSA) is 17.1 Å². The van der Waals surface area contributed by atoms with Crippen LogP contribution in [0, 0.1) is 5.41 Å². The molecule has 1 unspecified atom stereocenters. The summed E-state index contributed by atoms with van der Waals surface area (Å²) in [4.78, 5) is 11.3. The highest BCUT2D eigenvalue weighted by Gasteiger charge is 2.31. The van der Waals surface area contributed by atoms with Gasteiger partial charge in [-0.1, -0.05) is 29.4 Å². The summed E-state index contributed by atoms with van der Waals surface area (Å²) in [5.74, 6) is 0. The van der Waals surface area contributed by atoms with E-state index in [9.17, 15) is 4.79 Å². The van der Waals surface area contributed by atoms with Crippen molar-refractivity contribution in [3.8, 4) is 0 Å². The van der Waals surface area contributed by atoms with Crippen LogP contribution in [-0.4, -0.2) is 6.29 Å². The van der Waals surface area contributed by atoms with Gasteiger partial charge in [0.25, 0.3) is 0 Å². The Labute approximate surface area is 105 Å². The summed E-state index contributed by atoms with van der Waals surface area (Å²) in [6, 6.07) is 0. The summed E-state index contributed by atoms with van der Waals surface area (Å²) in [5.41, 5.74) is 2.72. The zero-order chi connectivity index (χ0) is 12.7. The minimum absolute atomic E-state index is 0.157. The van der Waals surface area contributed by atoms with Gasteiger partial charge < -0.3 is 4.79 Å². The highest BCUT2D eigenvalue weighted by molar-refractivity contribution is 5.61. The van der Waals surface area contributed by atoms with Crippen LogP contribution in [0.1, 0.15) is 52.4 Å². The van der Waals surface area contributed by atoms with Crippen molar-refractivity contribution in [3.63, 3.8) is 0 Å².